The fourth-order valence-corrected chi connectivity index (χ4v) is 0.611. The molecule has 0 aromatic heterocycles. The van der Waals surface area contributed by atoms with Crippen molar-refractivity contribution in [3.8, 4) is 0 Å². The SMILES string of the molecule is CC(=O)O.CC(=O)O.CCC(O)CCN(C)C. The van der Waals surface area contributed by atoms with Crippen LogP contribution < -0.4 is 0 Å². The van der Waals surface area contributed by atoms with Gasteiger partial charge in [0.15, 0.2) is 0 Å². The normalized spacial score (nSPS) is 10.5. The summed E-state index contributed by atoms with van der Waals surface area (Å²) < 4.78 is 0. The van der Waals surface area contributed by atoms with E-state index in [2.05, 4.69) is 4.90 Å². The zero-order chi connectivity index (χ0) is 14.4. The molecule has 0 radical (unpaired) electrons. The van der Waals surface area contributed by atoms with Crippen molar-refractivity contribution in [2.45, 2.75) is 39.7 Å². The van der Waals surface area contributed by atoms with Gasteiger partial charge in [-0.25, -0.2) is 0 Å². The first-order valence-corrected chi connectivity index (χ1v) is 5.35. The summed E-state index contributed by atoms with van der Waals surface area (Å²) in [7, 11) is 4.03. The monoisotopic (exact) mass is 251 g/mol. The minimum absolute atomic E-state index is 0.104. The second kappa shape index (κ2) is 14.9. The summed E-state index contributed by atoms with van der Waals surface area (Å²) in [4.78, 5) is 20.1. The molecular formula is C11H25NO5. The van der Waals surface area contributed by atoms with Crippen LogP contribution >= 0.6 is 0 Å². The highest BCUT2D eigenvalue weighted by Crippen LogP contribution is 1.96. The maximum absolute atomic E-state index is 9.08. The zero-order valence-corrected chi connectivity index (χ0v) is 11.3. The van der Waals surface area contributed by atoms with Crippen molar-refractivity contribution in [2.24, 2.45) is 0 Å². The molecule has 0 saturated carbocycles. The third-order valence-electron chi connectivity index (χ3n) is 1.38. The van der Waals surface area contributed by atoms with Gasteiger partial charge < -0.3 is 20.2 Å². The van der Waals surface area contributed by atoms with Crippen molar-refractivity contribution in [3.63, 3.8) is 0 Å². The Balaban J connectivity index is -0.000000205. The molecule has 1 atom stereocenters. The van der Waals surface area contributed by atoms with E-state index in [4.69, 9.17) is 24.9 Å². The van der Waals surface area contributed by atoms with Crippen molar-refractivity contribution in [2.75, 3.05) is 20.6 Å². The van der Waals surface area contributed by atoms with Crippen molar-refractivity contribution in [1.29, 1.82) is 0 Å². The topological polar surface area (TPSA) is 98.1 Å². The van der Waals surface area contributed by atoms with Crippen molar-refractivity contribution >= 4 is 11.9 Å². The molecule has 0 aromatic rings. The van der Waals surface area contributed by atoms with Gasteiger partial charge in [0, 0.05) is 13.8 Å². The van der Waals surface area contributed by atoms with Crippen molar-refractivity contribution in [1.82, 2.24) is 4.90 Å². The van der Waals surface area contributed by atoms with Gasteiger partial charge in [-0.05, 0) is 33.5 Å². The van der Waals surface area contributed by atoms with Crippen LogP contribution in [0.1, 0.15) is 33.6 Å². The predicted molar refractivity (Wildman–Crippen MR) is 66.1 cm³/mol. The van der Waals surface area contributed by atoms with Crippen LogP contribution in [0.4, 0.5) is 0 Å². The molecule has 0 saturated heterocycles. The lowest BCUT2D eigenvalue weighted by molar-refractivity contribution is -0.135. The average molecular weight is 251 g/mol. The number of aliphatic carboxylic acids is 2. The molecule has 17 heavy (non-hydrogen) atoms. The number of aliphatic hydroxyl groups excluding tert-OH is 1. The molecule has 6 heteroatoms. The van der Waals surface area contributed by atoms with Gasteiger partial charge in [-0.15, -0.1) is 0 Å². The van der Waals surface area contributed by atoms with Crippen molar-refractivity contribution in [3.05, 3.63) is 0 Å². The predicted octanol–water partition coefficient (Wildman–Crippen LogP) is 0.891. The molecule has 0 spiro atoms. The smallest absolute Gasteiger partial charge is 0.300 e. The standard InChI is InChI=1S/C7H17NO.2C2H4O2/c1-4-7(9)5-6-8(2)3;2*1-2(3)4/h7,9H,4-6H2,1-3H3;2*1H3,(H,3,4). The average Bonchev–Trinajstić information content (AvgIpc) is 2.12. The molecule has 104 valence electrons. The van der Waals surface area contributed by atoms with E-state index in [9.17, 15) is 0 Å². The molecule has 3 N–H and O–H groups in total. The minimum Gasteiger partial charge on any atom is -0.481 e. The lowest BCUT2D eigenvalue weighted by atomic mass is 10.2. The Hall–Kier alpha value is -1.14. The van der Waals surface area contributed by atoms with Crippen LogP contribution in [0.15, 0.2) is 0 Å². The van der Waals surface area contributed by atoms with Gasteiger partial charge in [0.1, 0.15) is 0 Å². The van der Waals surface area contributed by atoms with Crippen LogP contribution in [0, 0.1) is 0 Å². The first kappa shape index (κ1) is 21.2. The Labute approximate surface area is 103 Å². The number of carbonyl (C=O) groups is 2. The third-order valence-corrected chi connectivity index (χ3v) is 1.38. The molecule has 0 fully saturated rings. The van der Waals surface area contributed by atoms with E-state index < -0.39 is 11.9 Å². The van der Waals surface area contributed by atoms with Crippen LogP contribution in [0.5, 0.6) is 0 Å². The highest BCUT2D eigenvalue weighted by Gasteiger charge is 1.99. The van der Waals surface area contributed by atoms with Crippen LogP contribution in [0.25, 0.3) is 0 Å². The van der Waals surface area contributed by atoms with E-state index in [1.165, 1.54) is 0 Å². The molecule has 0 heterocycles. The first-order chi connectivity index (χ1) is 7.63. The van der Waals surface area contributed by atoms with Crippen LogP contribution in [-0.4, -0.2) is 58.9 Å². The fourth-order valence-electron chi connectivity index (χ4n) is 0.611. The molecule has 0 aliphatic rings. The van der Waals surface area contributed by atoms with Gasteiger partial charge in [-0.1, -0.05) is 6.92 Å². The second-order valence-electron chi connectivity index (χ2n) is 3.69. The Bertz CT molecular complexity index is 174. The summed E-state index contributed by atoms with van der Waals surface area (Å²) in [6.45, 7) is 5.15. The largest absolute Gasteiger partial charge is 0.481 e. The maximum Gasteiger partial charge on any atom is 0.300 e. The van der Waals surface area contributed by atoms with Crippen LogP contribution in [0.2, 0.25) is 0 Å². The molecular weight excluding hydrogens is 226 g/mol. The van der Waals surface area contributed by atoms with Crippen LogP contribution in [0.3, 0.4) is 0 Å². The molecule has 0 aliphatic heterocycles. The van der Waals surface area contributed by atoms with E-state index in [-0.39, 0.29) is 6.10 Å². The van der Waals surface area contributed by atoms with Gasteiger partial charge in [0.05, 0.1) is 6.10 Å². The Morgan fingerprint density at radius 2 is 1.41 bits per heavy atom. The van der Waals surface area contributed by atoms with E-state index in [1.54, 1.807) is 0 Å². The van der Waals surface area contributed by atoms with E-state index in [0.717, 1.165) is 33.2 Å². The Morgan fingerprint density at radius 1 is 1.12 bits per heavy atom. The van der Waals surface area contributed by atoms with Crippen molar-refractivity contribution < 1.29 is 24.9 Å². The zero-order valence-electron chi connectivity index (χ0n) is 11.3. The summed E-state index contributed by atoms with van der Waals surface area (Å²) in [5.74, 6) is -1.67. The van der Waals surface area contributed by atoms with Gasteiger partial charge in [0.2, 0.25) is 0 Å². The van der Waals surface area contributed by atoms with E-state index in [1.807, 2.05) is 21.0 Å². The lowest BCUT2D eigenvalue weighted by Crippen LogP contribution is -2.18. The van der Waals surface area contributed by atoms with Gasteiger partial charge in [-0.2, -0.15) is 0 Å². The number of carboxylic acid groups (broad SMARTS) is 2. The van der Waals surface area contributed by atoms with Crippen LogP contribution in [-0.2, 0) is 9.59 Å². The fraction of sp³-hybridized carbons (Fsp3) is 0.818. The summed E-state index contributed by atoms with van der Waals surface area (Å²) in [5, 5.41) is 23.9. The first-order valence-electron chi connectivity index (χ1n) is 5.35. The highest BCUT2D eigenvalue weighted by molar-refractivity contribution is 5.63. The summed E-state index contributed by atoms with van der Waals surface area (Å²) in [6.07, 6.45) is 1.66. The minimum atomic E-state index is -0.833. The Kier molecular flexibility index (Phi) is 18.5. The number of nitrogens with zero attached hydrogens (tertiary/aromatic N) is 1. The maximum atomic E-state index is 9.08. The summed E-state index contributed by atoms with van der Waals surface area (Å²) in [5.41, 5.74) is 0. The quantitative estimate of drug-likeness (QED) is 0.686. The lowest BCUT2D eigenvalue weighted by Gasteiger charge is -2.11. The van der Waals surface area contributed by atoms with Gasteiger partial charge in [-0.3, -0.25) is 9.59 Å². The van der Waals surface area contributed by atoms with Gasteiger partial charge >= 0.3 is 0 Å². The Morgan fingerprint density at radius 3 is 1.59 bits per heavy atom. The molecule has 0 aromatic carbocycles. The third kappa shape index (κ3) is 71.6. The molecule has 6 nitrogen and oxygen atoms in total. The number of hydrogen-bond donors (Lipinski definition) is 3. The molecule has 0 rings (SSSR count). The molecule has 0 bridgehead atoms. The van der Waals surface area contributed by atoms with E-state index in [0.29, 0.717) is 0 Å². The summed E-state index contributed by atoms with van der Waals surface area (Å²) >= 11 is 0. The molecule has 1 unspecified atom stereocenters. The number of rotatable bonds is 4. The van der Waals surface area contributed by atoms with E-state index >= 15 is 0 Å². The number of carboxylic acids is 2. The molecule has 0 amide bonds. The number of aliphatic hydroxyl groups is 1. The van der Waals surface area contributed by atoms with Gasteiger partial charge in [0.25, 0.3) is 11.9 Å². The second-order valence-corrected chi connectivity index (χ2v) is 3.69. The number of hydrogen-bond acceptors (Lipinski definition) is 4. The summed E-state index contributed by atoms with van der Waals surface area (Å²) in [6, 6.07) is 0. The molecule has 0 aliphatic carbocycles. The highest BCUT2D eigenvalue weighted by atomic mass is 16.4.